The molecule has 1 rings (SSSR count). The topological polar surface area (TPSA) is 26.0 Å². The van der Waals surface area contributed by atoms with Crippen LogP contribution < -0.4 is 5.73 Å². The van der Waals surface area contributed by atoms with Gasteiger partial charge in [-0.1, -0.05) is 57.9 Å². The van der Waals surface area contributed by atoms with E-state index in [1.807, 2.05) is 0 Å². The van der Waals surface area contributed by atoms with Crippen LogP contribution in [-0.4, -0.2) is 0 Å². The van der Waals surface area contributed by atoms with Crippen LogP contribution in [0.3, 0.4) is 0 Å². The minimum atomic E-state index is 0.199. The van der Waals surface area contributed by atoms with Crippen molar-refractivity contribution >= 4 is 0 Å². The Morgan fingerprint density at radius 1 is 1.12 bits per heavy atom. The molecule has 96 valence electrons. The molecule has 0 bridgehead atoms. The first-order chi connectivity index (χ1) is 8.17. The van der Waals surface area contributed by atoms with Gasteiger partial charge < -0.3 is 5.73 Å². The summed E-state index contributed by atoms with van der Waals surface area (Å²) in [6.45, 7) is 6.73. The van der Waals surface area contributed by atoms with Gasteiger partial charge in [-0.25, -0.2) is 0 Å². The van der Waals surface area contributed by atoms with Crippen molar-refractivity contribution in [3.63, 3.8) is 0 Å². The monoisotopic (exact) mass is 233 g/mol. The summed E-state index contributed by atoms with van der Waals surface area (Å²) in [4.78, 5) is 0. The third kappa shape index (κ3) is 4.91. The molecule has 2 unspecified atom stereocenters. The smallest absolute Gasteiger partial charge is 0.0297 e. The van der Waals surface area contributed by atoms with Crippen LogP contribution in [0.2, 0.25) is 0 Å². The summed E-state index contributed by atoms with van der Waals surface area (Å²) in [6.07, 6.45) is 6.03. The Balaban J connectivity index is 2.54. The highest BCUT2D eigenvalue weighted by atomic mass is 14.6. The van der Waals surface area contributed by atoms with Crippen molar-refractivity contribution in [1.29, 1.82) is 0 Å². The molecule has 0 saturated carbocycles. The molecule has 0 amide bonds. The van der Waals surface area contributed by atoms with Gasteiger partial charge in [0.15, 0.2) is 0 Å². The molecule has 2 atom stereocenters. The Bertz CT molecular complexity index is 302. The summed E-state index contributed by atoms with van der Waals surface area (Å²) in [7, 11) is 0. The molecule has 1 heteroatoms. The molecule has 0 radical (unpaired) electrons. The Hall–Kier alpha value is -0.820. The molecular weight excluding hydrogens is 206 g/mol. The SMILES string of the molecule is CCCCc1ccc(C(N)CC(C)CC)cc1. The van der Waals surface area contributed by atoms with Gasteiger partial charge in [0, 0.05) is 6.04 Å². The van der Waals surface area contributed by atoms with Crippen molar-refractivity contribution in [3.05, 3.63) is 35.4 Å². The fourth-order valence-electron chi connectivity index (χ4n) is 2.05. The van der Waals surface area contributed by atoms with Crippen molar-refractivity contribution in [1.82, 2.24) is 0 Å². The van der Waals surface area contributed by atoms with Gasteiger partial charge >= 0.3 is 0 Å². The van der Waals surface area contributed by atoms with Crippen LogP contribution in [0, 0.1) is 5.92 Å². The average Bonchev–Trinajstić information content (AvgIpc) is 2.36. The highest BCUT2D eigenvalue weighted by molar-refractivity contribution is 5.25. The second kappa shape index (κ2) is 7.50. The van der Waals surface area contributed by atoms with E-state index in [1.165, 1.54) is 36.8 Å². The summed E-state index contributed by atoms with van der Waals surface area (Å²) < 4.78 is 0. The summed E-state index contributed by atoms with van der Waals surface area (Å²) in [5.74, 6) is 0.713. The van der Waals surface area contributed by atoms with Crippen LogP contribution in [0.1, 0.15) is 63.6 Å². The molecule has 0 aromatic heterocycles. The number of rotatable bonds is 7. The third-order valence-corrected chi connectivity index (χ3v) is 3.58. The minimum Gasteiger partial charge on any atom is -0.324 e. The molecule has 1 aromatic carbocycles. The summed E-state index contributed by atoms with van der Waals surface area (Å²) in [6, 6.07) is 9.09. The predicted molar refractivity (Wildman–Crippen MR) is 76.1 cm³/mol. The van der Waals surface area contributed by atoms with Crippen molar-refractivity contribution in [3.8, 4) is 0 Å². The lowest BCUT2D eigenvalue weighted by molar-refractivity contribution is 0.461. The highest BCUT2D eigenvalue weighted by Gasteiger charge is 2.09. The van der Waals surface area contributed by atoms with Crippen molar-refractivity contribution in [2.45, 2.75) is 58.9 Å². The third-order valence-electron chi connectivity index (χ3n) is 3.58. The van der Waals surface area contributed by atoms with Crippen LogP contribution in [0.4, 0.5) is 0 Å². The Labute approximate surface area is 106 Å². The lowest BCUT2D eigenvalue weighted by Gasteiger charge is -2.16. The lowest BCUT2D eigenvalue weighted by Crippen LogP contribution is -2.13. The van der Waals surface area contributed by atoms with Gasteiger partial charge in [-0.15, -0.1) is 0 Å². The predicted octanol–water partition coefficient (Wildman–Crippen LogP) is 4.47. The first-order valence-electron chi connectivity index (χ1n) is 7.01. The zero-order chi connectivity index (χ0) is 12.7. The lowest BCUT2D eigenvalue weighted by atomic mass is 9.94. The van der Waals surface area contributed by atoms with Crippen molar-refractivity contribution in [2.24, 2.45) is 11.7 Å². The Morgan fingerprint density at radius 2 is 1.76 bits per heavy atom. The van der Waals surface area contributed by atoms with Gasteiger partial charge in [0.2, 0.25) is 0 Å². The van der Waals surface area contributed by atoms with Crippen molar-refractivity contribution in [2.75, 3.05) is 0 Å². The maximum absolute atomic E-state index is 6.22. The normalized spacial score (nSPS) is 14.6. The molecule has 0 fully saturated rings. The standard InChI is InChI=1S/C16H27N/c1-4-6-7-14-8-10-15(11-9-14)16(17)12-13(3)5-2/h8-11,13,16H,4-7,12,17H2,1-3H3. The maximum atomic E-state index is 6.22. The Kier molecular flexibility index (Phi) is 6.28. The van der Waals surface area contributed by atoms with Gasteiger partial charge in [-0.05, 0) is 36.3 Å². The molecule has 0 aliphatic carbocycles. The van der Waals surface area contributed by atoms with Gasteiger partial charge in [0.05, 0.1) is 0 Å². The van der Waals surface area contributed by atoms with E-state index in [4.69, 9.17) is 5.73 Å². The number of nitrogens with two attached hydrogens (primary N) is 1. The van der Waals surface area contributed by atoms with E-state index in [1.54, 1.807) is 0 Å². The van der Waals surface area contributed by atoms with Gasteiger partial charge in [-0.3, -0.25) is 0 Å². The molecular formula is C16H27N. The molecule has 0 aliphatic heterocycles. The van der Waals surface area contributed by atoms with E-state index in [0.29, 0.717) is 5.92 Å². The van der Waals surface area contributed by atoms with Gasteiger partial charge in [0.1, 0.15) is 0 Å². The zero-order valence-electron chi connectivity index (χ0n) is 11.6. The van der Waals surface area contributed by atoms with E-state index < -0.39 is 0 Å². The number of benzene rings is 1. The molecule has 0 saturated heterocycles. The van der Waals surface area contributed by atoms with Gasteiger partial charge in [-0.2, -0.15) is 0 Å². The van der Waals surface area contributed by atoms with E-state index >= 15 is 0 Å². The first kappa shape index (κ1) is 14.2. The number of aryl methyl sites for hydroxylation is 1. The molecule has 0 spiro atoms. The largest absolute Gasteiger partial charge is 0.324 e. The van der Waals surface area contributed by atoms with E-state index in [0.717, 1.165) is 6.42 Å². The van der Waals surface area contributed by atoms with Crippen molar-refractivity contribution < 1.29 is 0 Å². The van der Waals surface area contributed by atoms with E-state index in [9.17, 15) is 0 Å². The highest BCUT2D eigenvalue weighted by Crippen LogP contribution is 2.21. The molecule has 17 heavy (non-hydrogen) atoms. The van der Waals surface area contributed by atoms with E-state index in [-0.39, 0.29) is 6.04 Å². The van der Waals surface area contributed by atoms with Crippen LogP contribution in [-0.2, 0) is 6.42 Å². The minimum absolute atomic E-state index is 0.199. The average molecular weight is 233 g/mol. The zero-order valence-corrected chi connectivity index (χ0v) is 11.6. The summed E-state index contributed by atoms with van der Waals surface area (Å²) >= 11 is 0. The molecule has 0 aliphatic rings. The number of unbranched alkanes of at least 4 members (excludes halogenated alkanes) is 1. The van der Waals surface area contributed by atoms with Gasteiger partial charge in [0.25, 0.3) is 0 Å². The quantitative estimate of drug-likeness (QED) is 0.739. The van der Waals surface area contributed by atoms with E-state index in [2.05, 4.69) is 45.0 Å². The summed E-state index contributed by atoms with van der Waals surface area (Å²) in [5.41, 5.74) is 8.94. The van der Waals surface area contributed by atoms with Crippen LogP contribution in [0.25, 0.3) is 0 Å². The molecule has 2 N–H and O–H groups in total. The van der Waals surface area contributed by atoms with Crippen LogP contribution in [0.15, 0.2) is 24.3 Å². The molecule has 1 nitrogen and oxygen atoms in total. The number of hydrogen-bond acceptors (Lipinski definition) is 1. The second-order valence-corrected chi connectivity index (χ2v) is 5.20. The summed E-state index contributed by atoms with van der Waals surface area (Å²) in [5, 5.41) is 0. The second-order valence-electron chi connectivity index (χ2n) is 5.20. The molecule has 1 aromatic rings. The number of hydrogen-bond donors (Lipinski definition) is 1. The van der Waals surface area contributed by atoms with Crippen LogP contribution in [0.5, 0.6) is 0 Å². The maximum Gasteiger partial charge on any atom is 0.0297 e. The van der Waals surface area contributed by atoms with Crippen LogP contribution >= 0.6 is 0 Å². The fourth-order valence-corrected chi connectivity index (χ4v) is 2.05. The Morgan fingerprint density at radius 3 is 2.29 bits per heavy atom. The first-order valence-corrected chi connectivity index (χ1v) is 7.01. The fraction of sp³-hybridized carbons (Fsp3) is 0.625. The molecule has 0 heterocycles.